The van der Waals surface area contributed by atoms with Crippen molar-refractivity contribution in [3.8, 4) is 0 Å². The zero-order valence-corrected chi connectivity index (χ0v) is 15.4. The summed E-state index contributed by atoms with van der Waals surface area (Å²) in [4.78, 5) is 12.5. The average Bonchev–Trinajstić information content (AvgIpc) is 2.51. The number of sulfonamides is 1. The summed E-state index contributed by atoms with van der Waals surface area (Å²) in [6.07, 6.45) is 0. The van der Waals surface area contributed by atoms with Crippen molar-refractivity contribution >= 4 is 37.5 Å². The van der Waals surface area contributed by atoms with Gasteiger partial charge in [-0.2, -0.15) is 0 Å². The number of hydrogen-bond acceptors (Lipinski definition) is 3. The molecule has 0 unspecified atom stereocenters. The Labute approximate surface area is 144 Å². The van der Waals surface area contributed by atoms with Crippen molar-refractivity contribution in [2.75, 3.05) is 12.4 Å². The molecule has 0 aliphatic heterocycles. The van der Waals surface area contributed by atoms with Crippen molar-refractivity contribution in [2.45, 2.75) is 18.7 Å². The number of anilines is 1. The third-order valence-corrected chi connectivity index (χ3v) is 5.61. The van der Waals surface area contributed by atoms with E-state index in [-0.39, 0.29) is 10.8 Å². The van der Waals surface area contributed by atoms with Crippen LogP contribution in [0.1, 0.15) is 21.5 Å². The van der Waals surface area contributed by atoms with Gasteiger partial charge in [-0.15, -0.1) is 0 Å². The molecule has 0 bridgehead atoms. The number of aryl methyl sites for hydroxylation is 1. The lowest BCUT2D eigenvalue weighted by Gasteiger charge is -2.12. The summed E-state index contributed by atoms with van der Waals surface area (Å²) in [5, 5.41) is 2.75. The minimum absolute atomic E-state index is 0.112. The first-order valence-corrected chi connectivity index (χ1v) is 9.14. The van der Waals surface area contributed by atoms with Gasteiger partial charge in [0.25, 0.3) is 5.91 Å². The van der Waals surface area contributed by atoms with Gasteiger partial charge in [-0.25, -0.2) is 13.1 Å². The van der Waals surface area contributed by atoms with E-state index >= 15 is 0 Å². The number of hydrogen-bond donors (Lipinski definition) is 2. The average molecular weight is 397 g/mol. The molecule has 0 spiro atoms. The number of carbonyl (C=O) groups excluding carboxylic acids is 1. The number of benzene rings is 2. The first kappa shape index (κ1) is 17.7. The second kappa shape index (κ2) is 6.82. The van der Waals surface area contributed by atoms with E-state index in [4.69, 9.17) is 0 Å². The molecule has 0 atom stereocenters. The number of halogens is 1. The monoisotopic (exact) mass is 396 g/mol. The molecule has 2 N–H and O–H groups in total. The molecular weight excluding hydrogens is 380 g/mol. The molecule has 0 fully saturated rings. The zero-order valence-electron chi connectivity index (χ0n) is 13.0. The van der Waals surface area contributed by atoms with Crippen molar-refractivity contribution in [3.63, 3.8) is 0 Å². The Morgan fingerprint density at radius 2 is 1.70 bits per heavy atom. The van der Waals surface area contributed by atoms with Gasteiger partial charge in [0.2, 0.25) is 10.0 Å². The van der Waals surface area contributed by atoms with E-state index in [2.05, 4.69) is 26.0 Å². The first-order chi connectivity index (χ1) is 10.7. The van der Waals surface area contributed by atoms with Crippen LogP contribution in [0.4, 0.5) is 5.69 Å². The highest BCUT2D eigenvalue weighted by molar-refractivity contribution is 9.10. The molecule has 0 aliphatic carbocycles. The molecule has 0 saturated heterocycles. The number of nitrogens with one attached hydrogen (secondary N) is 2. The van der Waals surface area contributed by atoms with Crippen molar-refractivity contribution < 1.29 is 13.2 Å². The highest BCUT2D eigenvalue weighted by Crippen LogP contribution is 2.22. The summed E-state index contributed by atoms with van der Waals surface area (Å²) in [7, 11) is -2.28. The zero-order chi connectivity index (χ0) is 17.2. The minimum atomic E-state index is -3.62. The molecule has 0 aromatic heterocycles. The van der Waals surface area contributed by atoms with Crippen molar-refractivity contribution in [3.05, 3.63) is 57.6 Å². The Morgan fingerprint density at radius 3 is 2.26 bits per heavy atom. The Hall–Kier alpha value is -1.70. The lowest BCUT2D eigenvalue weighted by Crippen LogP contribution is -2.21. The molecule has 2 aromatic carbocycles. The molecule has 5 nitrogen and oxygen atoms in total. The highest BCUT2D eigenvalue weighted by atomic mass is 79.9. The van der Waals surface area contributed by atoms with Gasteiger partial charge in [0, 0.05) is 15.7 Å². The summed E-state index contributed by atoms with van der Waals surface area (Å²) in [5.41, 5.74) is 2.29. The molecule has 0 aliphatic rings. The second-order valence-corrected chi connectivity index (χ2v) is 7.86. The van der Waals surface area contributed by atoms with Crippen LogP contribution < -0.4 is 10.0 Å². The van der Waals surface area contributed by atoms with Crippen LogP contribution in [0.3, 0.4) is 0 Å². The maximum atomic E-state index is 12.4. The van der Waals surface area contributed by atoms with E-state index in [9.17, 15) is 13.2 Å². The summed E-state index contributed by atoms with van der Waals surface area (Å²) in [6, 6.07) is 10.2. The summed E-state index contributed by atoms with van der Waals surface area (Å²) < 4.78 is 27.4. The van der Waals surface area contributed by atoms with Crippen LogP contribution in [0.5, 0.6) is 0 Å². The quantitative estimate of drug-likeness (QED) is 0.832. The topological polar surface area (TPSA) is 75.3 Å². The maximum Gasteiger partial charge on any atom is 0.255 e. The van der Waals surface area contributed by atoms with Crippen LogP contribution in [0.15, 0.2) is 45.8 Å². The molecule has 23 heavy (non-hydrogen) atoms. The summed E-state index contributed by atoms with van der Waals surface area (Å²) in [5.74, 6) is -0.358. The molecule has 1 amide bonds. The van der Waals surface area contributed by atoms with Gasteiger partial charge in [-0.1, -0.05) is 15.9 Å². The lowest BCUT2D eigenvalue weighted by molar-refractivity contribution is 0.102. The lowest BCUT2D eigenvalue weighted by atomic mass is 10.1. The van der Waals surface area contributed by atoms with Gasteiger partial charge in [0.1, 0.15) is 0 Å². The molecule has 0 saturated carbocycles. The fourth-order valence-electron chi connectivity index (χ4n) is 2.08. The number of amides is 1. The van der Waals surface area contributed by atoms with Crippen LogP contribution in [0, 0.1) is 13.8 Å². The Morgan fingerprint density at radius 1 is 1.09 bits per heavy atom. The summed E-state index contributed by atoms with van der Waals surface area (Å²) in [6.45, 7) is 3.50. The fourth-order valence-corrected chi connectivity index (χ4v) is 3.41. The maximum absolute atomic E-state index is 12.4. The van der Waals surface area contributed by atoms with E-state index in [1.165, 1.54) is 13.1 Å². The van der Waals surface area contributed by atoms with Gasteiger partial charge < -0.3 is 5.32 Å². The predicted molar refractivity (Wildman–Crippen MR) is 94.3 cm³/mol. The first-order valence-electron chi connectivity index (χ1n) is 6.86. The third-order valence-electron chi connectivity index (χ3n) is 3.54. The largest absolute Gasteiger partial charge is 0.322 e. The Bertz CT molecular complexity index is 846. The van der Waals surface area contributed by atoms with Gasteiger partial charge in [0.15, 0.2) is 0 Å². The van der Waals surface area contributed by atoms with Crippen molar-refractivity contribution in [1.29, 1.82) is 0 Å². The van der Waals surface area contributed by atoms with Gasteiger partial charge in [0.05, 0.1) is 4.90 Å². The molecule has 7 heteroatoms. The van der Waals surface area contributed by atoms with Crippen molar-refractivity contribution in [1.82, 2.24) is 4.72 Å². The third kappa shape index (κ3) is 3.99. The predicted octanol–water partition coefficient (Wildman–Crippen LogP) is 3.23. The van der Waals surface area contributed by atoms with Crippen LogP contribution in [-0.4, -0.2) is 21.4 Å². The Kier molecular flexibility index (Phi) is 5.23. The molecule has 122 valence electrons. The number of rotatable bonds is 4. The molecule has 0 radical (unpaired) electrons. The van der Waals surface area contributed by atoms with Crippen LogP contribution in [0.2, 0.25) is 0 Å². The molecule has 0 heterocycles. The summed E-state index contributed by atoms with van der Waals surface area (Å²) >= 11 is 3.33. The smallest absolute Gasteiger partial charge is 0.255 e. The van der Waals surface area contributed by atoms with Gasteiger partial charge in [-0.3, -0.25) is 4.79 Å². The van der Waals surface area contributed by atoms with Crippen LogP contribution >= 0.6 is 15.9 Å². The molecular formula is C16H17BrN2O3S. The minimum Gasteiger partial charge on any atom is -0.322 e. The Balaban J connectivity index is 2.39. The van der Waals surface area contributed by atoms with E-state index in [1.807, 2.05) is 12.1 Å². The molecule has 2 aromatic rings. The van der Waals surface area contributed by atoms with Crippen LogP contribution in [-0.2, 0) is 10.0 Å². The van der Waals surface area contributed by atoms with E-state index in [1.54, 1.807) is 32.0 Å². The molecule has 2 rings (SSSR count). The van der Waals surface area contributed by atoms with E-state index < -0.39 is 10.0 Å². The normalized spacial score (nSPS) is 11.3. The number of carbonyl (C=O) groups is 1. The standard InChI is InChI=1S/C16H17BrN2O3S/c1-10-8-12(9-15(11(10)2)23(21,22)18-3)16(20)19-14-6-4-13(17)5-7-14/h4-9,18H,1-3H3,(H,19,20). The van der Waals surface area contributed by atoms with E-state index in [0.717, 1.165) is 10.0 Å². The van der Waals surface area contributed by atoms with Crippen molar-refractivity contribution in [2.24, 2.45) is 0 Å². The van der Waals surface area contributed by atoms with Gasteiger partial charge in [-0.05, 0) is 68.4 Å². The fraction of sp³-hybridized carbons (Fsp3) is 0.188. The van der Waals surface area contributed by atoms with E-state index in [0.29, 0.717) is 16.8 Å². The SMILES string of the molecule is CNS(=O)(=O)c1cc(C(=O)Nc2ccc(Br)cc2)cc(C)c1C. The highest BCUT2D eigenvalue weighted by Gasteiger charge is 2.19. The van der Waals surface area contributed by atoms with Gasteiger partial charge >= 0.3 is 0 Å². The second-order valence-electron chi connectivity index (χ2n) is 5.08. The van der Waals surface area contributed by atoms with Crippen LogP contribution in [0.25, 0.3) is 0 Å².